The largest absolute Gasteiger partial charge is 0.396 e. The van der Waals surface area contributed by atoms with Crippen molar-refractivity contribution in [2.24, 2.45) is 5.41 Å². The van der Waals surface area contributed by atoms with E-state index in [1.165, 1.54) is 6.08 Å². The molecule has 0 radical (unpaired) electrons. The van der Waals surface area contributed by atoms with Crippen LogP contribution in [0.25, 0.3) is 0 Å². The summed E-state index contributed by atoms with van der Waals surface area (Å²) in [6.07, 6.45) is 3.15. The highest BCUT2D eigenvalue weighted by molar-refractivity contribution is 7.89. The van der Waals surface area contributed by atoms with E-state index in [9.17, 15) is 8.42 Å². The summed E-state index contributed by atoms with van der Waals surface area (Å²) in [6, 6.07) is 0. The van der Waals surface area contributed by atoms with Gasteiger partial charge in [-0.2, -0.15) is 0 Å². The van der Waals surface area contributed by atoms with Crippen LogP contribution in [0, 0.1) is 5.41 Å². The third-order valence-electron chi connectivity index (χ3n) is 2.30. The number of sulfonamides is 1. The lowest BCUT2D eigenvalue weighted by atomic mass is 10.1. The predicted molar refractivity (Wildman–Crippen MR) is 50.7 cm³/mol. The van der Waals surface area contributed by atoms with Gasteiger partial charge in [0.1, 0.15) is 0 Å². The average Bonchev–Trinajstić information content (AvgIpc) is 2.82. The lowest BCUT2D eigenvalue weighted by Crippen LogP contribution is -2.33. The van der Waals surface area contributed by atoms with Gasteiger partial charge in [0.15, 0.2) is 0 Å². The van der Waals surface area contributed by atoms with E-state index in [4.69, 9.17) is 5.11 Å². The summed E-state index contributed by atoms with van der Waals surface area (Å²) in [5.41, 5.74) is -0.172. The molecule has 0 saturated heterocycles. The molecule has 0 aliphatic heterocycles. The number of aliphatic hydroxyl groups excluding tert-OH is 1. The van der Waals surface area contributed by atoms with Gasteiger partial charge in [-0.05, 0) is 12.8 Å². The zero-order valence-electron chi connectivity index (χ0n) is 7.49. The van der Waals surface area contributed by atoms with E-state index in [0.717, 1.165) is 12.8 Å². The van der Waals surface area contributed by atoms with Crippen LogP contribution in [0.3, 0.4) is 0 Å². The maximum absolute atomic E-state index is 11.2. The van der Waals surface area contributed by atoms with E-state index in [2.05, 4.69) is 11.3 Å². The fourth-order valence-electron chi connectivity index (χ4n) is 1.04. The van der Waals surface area contributed by atoms with Gasteiger partial charge in [0.2, 0.25) is 10.0 Å². The van der Waals surface area contributed by atoms with E-state index in [-0.39, 0.29) is 17.8 Å². The van der Waals surface area contributed by atoms with E-state index >= 15 is 0 Å². The molecule has 0 unspecified atom stereocenters. The van der Waals surface area contributed by atoms with Crippen molar-refractivity contribution in [1.29, 1.82) is 0 Å². The Morgan fingerprint density at radius 1 is 1.54 bits per heavy atom. The fraction of sp³-hybridized carbons (Fsp3) is 0.750. The van der Waals surface area contributed by atoms with Crippen LogP contribution in [0.4, 0.5) is 0 Å². The zero-order valence-corrected chi connectivity index (χ0v) is 8.31. The van der Waals surface area contributed by atoms with Crippen LogP contribution >= 0.6 is 0 Å². The van der Waals surface area contributed by atoms with Gasteiger partial charge in [-0.15, -0.1) is 6.58 Å². The van der Waals surface area contributed by atoms with Gasteiger partial charge in [0.25, 0.3) is 0 Å². The highest BCUT2D eigenvalue weighted by Gasteiger charge is 2.42. The molecule has 0 aromatic carbocycles. The van der Waals surface area contributed by atoms with Crippen LogP contribution in [0.2, 0.25) is 0 Å². The van der Waals surface area contributed by atoms with Gasteiger partial charge < -0.3 is 5.11 Å². The molecular formula is C8H15NO3S. The van der Waals surface area contributed by atoms with Gasteiger partial charge in [0.05, 0.1) is 5.75 Å². The van der Waals surface area contributed by atoms with E-state index in [1.807, 2.05) is 0 Å². The lowest BCUT2D eigenvalue weighted by Gasteiger charge is -2.11. The summed E-state index contributed by atoms with van der Waals surface area (Å²) >= 11 is 0. The summed E-state index contributed by atoms with van der Waals surface area (Å²) in [7, 11) is -3.21. The Kier molecular flexibility index (Phi) is 3.10. The summed E-state index contributed by atoms with van der Waals surface area (Å²) in [5, 5.41) is 8.93. The maximum Gasteiger partial charge on any atom is 0.215 e. The smallest absolute Gasteiger partial charge is 0.215 e. The number of nitrogens with one attached hydrogen (secondary N) is 1. The Morgan fingerprint density at radius 2 is 2.15 bits per heavy atom. The van der Waals surface area contributed by atoms with Crippen LogP contribution in [-0.2, 0) is 10.0 Å². The molecule has 0 heterocycles. The molecule has 76 valence electrons. The minimum Gasteiger partial charge on any atom is -0.396 e. The molecule has 1 fully saturated rings. The SMILES string of the molecule is C=CCS(=O)(=O)NCC1(CO)CC1. The van der Waals surface area contributed by atoms with Crippen LogP contribution in [0.5, 0.6) is 0 Å². The third-order valence-corrected chi connectivity index (χ3v) is 3.56. The van der Waals surface area contributed by atoms with Crippen molar-refractivity contribution in [3.05, 3.63) is 12.7 Å². The first-order chi connectivity index (χ1) is 6.04. The normalized spacial score (nSPS) is 19.8. The molecule has 1 aliphatic carbocycles. The third kappa shape index (κ3) is 3.10. The summed E-state index contributed by atoms with van der Waals surface area (Å²) in [5.74, 6) is -0.0610. The second kappa shape index (κ2) is 3.77. The molecular weight excluding hydrogens is 190 g/mol. The van der Waals surface area contributed by atoms with Crippen LogP contribution in [0.1, 0.15) is 12.8 Å². The molecule has 0 bridgehead atoms. The minimum absolute atomic E-state index is 0.0591. The van der Waals surface area contributed by atoms with Gasteiger partial charge >= 0.3 is 0 Å². The summed E-state index contributed by atoms with van der Waals surface area (Å²) in [4.78, 5) is 0. The molecule has 1 rings (SSSR count). The second-order valence-electron chi connectivity index (χ2n) is 3.55. The fourth-order valence-corrected chi connectivity index (χ4v) is 2.00. The quantitative estimate of drug-likeness (QED) is 0.593. The monoisotopic (exact) mass is 205 g/mol. The molecule has 0 amide bonds. The van der Waals surface area contributed by atoms with Crippen LogP contribution < -0.4 is 4.72 Å². The minimum atomic E-state index is -3.21. The molecule has 0 atom stereocenters. The highest BCUT2D eigenvalue weighted by atomic mass is 32.2. The summed E-state index contributed by atoms with van der Waals surface area (Å²) < 4.78 is 24.8. The van der Waals surface area contributed by atoms with Gasteiger partial charge in [0, 0.05) is 18.6 Å². The first-order valence-corrected chi connectivity index (χ1v) is 5.88. The second-order valence-corrected chi connectivity index (χ2v) is 5.40. The van der Waals surface area contributed by atoms with Crippen molar-refractivity contribution in [3.63, 3.8) is 0 Å². The molecule has 1 saturated carbocycles. The predicted octanol–water partition coefficient (Wildman–Crippen LogP) is -0.136. The molecule has 0 aromatic heterocycles. The molecule has 0 aromatic rings. The maximum atomic E-state index is 11.2. The summed E-state index contributed by atoms with van der Waals surface area (Å²) in [6.45, 7) is 3.76. The molecule has 5 heteroatoms. The van der Waals surface area contributed by atoms with E-state index in [1.54, 1.807) is 0 Å². The topological polar surface area (TPSA) is 66.4 Å². The Labute approximate surface area is 78.7 Å². The first-order valence-electron chi connectivity index (χ1n) is 4.23. The van der Waals surface area contributed by atoms with E-state index < -0.39 is 10.0 Å². The molecule has 2 N–H and O–H groups in total. The van der Waals surface area contributed by atoms with Crippen molar-refractivity contribution in [2.45, 2.75) is 12.8 Å². The van der Waals surface area contributed by atoms with Gasteiger partial charge in [-0.3, -0.25) is 0 Å². The first kappa shape index (κ1) is 10.7. The Morgan fingerprint density at radius 3 is 2.54 bits per heavy atom. The number of hydrogen-bond donors (Lipinski definition) is 2. The number of rotatable bonds is 6. The molecule has 1 aliphatic rings. The standard InChI is InChI=1S/C8H15NO3S/c1-2-5-13(11,12)9-6-8(7-10)3-4-8/h2,9-10H,1,3-7H2. The number of hydrogen-bond acceptors (Lipinski definition) is 3. The van der Waals surface area contributed by atoms with Crippen molar-refractivity contribution in [2.75, 3.05) is 18.9 Å². The Hall–Kier alpha value is -0.390. The van der Waals surface area contributed by atoms with Gasteiger partial charge in [-0.25, -0.2) is 13.1 Å². The molecule has 4 nitrogen and oxygen atoms in total. The van der Waals surface area contributed by atoms with Gasteiger partial charge in [-0.1, -0.05) is 6.08 Å². The molecule has 13 heavy (non-hydrogen) atoms. The lowest BCUT2D eigenvalue weighted by molar-refractivity contribution is 0.213. The zero-order chi connectivity index (χ0) is 9.95. The molecule has 0 spiro atoms. The van der Waals surface area contributed by atoms with Crippen molar-refractivity contribution in [1.82, 2.24) is 4.72 Å². The van der Waals surface area contributed by atoms with Crippen LogP contribution in [-0.4, -0.2) is 32.4 Å². The van der Waals surface area contributed by atoms with Crippen molar-refractivity contribution >= 4 is 10.0 Å². The highest BCUT2D eigenvalue weighted by Crippen LogP contribution is 2.44. The van der Waals surface area contributed by atoms with Crippen molar-refractivity contribution < 1.29 is 13.5 Å². The Balaban J connectivity index is 2.37. The Bertz CT molecular complexity index is 280. The van der Waals surface area contributed by atoms with Crippen LogP contribution in [0.15, 0.2) is 12.7 Å². The number of aliphatic hydroxyl groups is 1. The van der Waals surface area contributed by atoms with Crippen molar-refractivity contribution in [3.8, 4) is 0 Å². The van der Waals surface area contributed by atoms with E-state index in [0.29, 0.717) is 6.54 Å². The average molecular weight is 205 g/mol.